The van der Waals surface area contributed by atoms with Crippen molar-refractivity contribution in [2.24, 2.45) is 11.7 Å². The molecule has 1 rings (SSSR count). The van der Waals surface area contributed by atoms with E-state index in [0.29, 0.717) is 12.3 Å². The zero-order chi connectivity index (χ0) is 13.5. The van der Waals surface area contributed by atoms with E-state index < -0.39 is 12.1 Å². The van der Waals surface area contributed by atoms with Crippen molar-refractivity contribution >= 4 is 5.91 Å². The number of carbonyl (C=O) groups is 1. The maximum atomic E-state index is 11.9. The highest BCUT2D eigenvalue weighted by atomic mass is 16.3. The molecule has 4 N–H and O–H groups in total. The fourth-order valence-corrected chi connectivity index (χ4v) is 1.81. The number of amides is 1. The molecule has 18 heavy (non-hydrogen) atoms. The van der Waals surface area contributed by atoms with E-state index in [-0.39, 0.29) is 12.5 Å². The Hall–Kier alpha value is -1.39. The smallest absolute Gasteiger partial charge is 0.237 e. The number of benzene rings is 1. The lowest BCUT2D eigenvalue weighted by Crippen LogP contribution is -2.43. The molecule has 2 atom stereocenters. The van der Waals surface area contributed by atoms with Gasteiger partial charge in [-0.2, -0.15) is 0 Å². The summed E-state index contributed by atoms with van der Waals surface area (Å²) in [5.74, 6) is 0.154. The zero-order valence-electron chi connectivity index (χ0n) is 11.0. The molecule has 1 unspecified atom stereocenters. The van der Waals surface area contributed by atoms with Gasteiger partial charge in [0.25, 0.3) is 0 Å². The zero-order valence-corrected chi connectivity index (χ0v) is 11.0. The van der Waals surface area contributed by atoms with E-state index in [2.05, 4.69) is 5.32 Å². The molecule has 0 heterocycles. The maximum Gasteiger partial charge on any atom is 0.237 e. The molecule has 0 saturated heterocycles. The Kier molecular flexibility index (Phi) is 5.82. The molecule has 4 heteroatoms. The van der Waals surface area contributed by atoms with Crippen molar-refractivity contribution < 1.29 is 9.90 Å². The van der Waals surface area contributed by atoms with Crippen LogP contribution in [0.4, 0.5) is 0 Å². The van der Waals surface area contributed by atoms with E-state index in [1.54, 1.807) is 0 Å². The second kappa shape index (κ2) is 7.13. The average molecular weight is 250 g/mol. The van der Waals surface area contributed by atoms with Gasteiger partial charge in [0.2, 0.25) is 5.91 Å². The lowest BCUT2D eigenvalue weighted by Gasteiger charge is -2.20. The van der Waals surface area contributed by atoms with Crippen LogP contribution in [-0.2, 0) is 4.79 Å². The van der Waals surface area contributed by atoms with Crippen molar-refractivity contribution in [3.8, 4) is 0 Å². The molecule has 0 fully saturated rings. The van der Waals surface area contributed by atoms with Crippen LogP contribution in [0.1, 0.15) is 31.9 Å². The topological polar surface area (TPSA) is 75.4 Å². The number of aliphatic hydroxyl groups is 1. The Morgan fingerprint density at radius 3 is 2.44 bits per heavy atom. The Labute approximate surface area is 108 Å². The summed E-state index contributed by atoms with van der Waals surface area (Å²) < 4.78 is 0. The fourth-order valence-electron chi connectivity index (χ4n) is 1.81. The van der Waals surface area contributed by atoms with E-state index in [1.807, 2.05) is 44.2 Å². The predicted molar refractivity (Wildman–Crippen MR) is 71.8 cm³/mol. The molecular weight excluding hydrogens is 228 g/mol. The third-order valence-electron chi connectivity index (χ3n) is 2.76. The Bertz CT molecular complexity index is 365. The first-order valence-electron chi connectivity index (χ1n) is 6.26. The summed E-state index contributed by atoms with van der Waals surface area (Å²) in [5.41, 5.74) is 6.69. The first-order chi connectivity index (χ1) is 8.54. The van der Waals surface area contributed by atoms with Crippen molar-refractivity contribution in [3.05, 3.63) is 35.9 Å². The molecule has 0 bridgehead atoms. The van der Waals surface area contributed by atoms with Crippen molar-refractivity contribution in [2.45, 2.75) is 32.4 Å². The highest BCUT2D eigenvalue weighted by Gasteiger charge is 2.19. The molecule has 0 aromatic heterocycles. The van der Waals surface area contributed by atoms with Crippen LogP contribution >= 0.6 is 0 Å². The molecule has 0 aliphatic rings. The van der Waals surface area contributed by atoms with Crippen LogP contribution in [0.3, 0.4) is 0 Å². The van der Waals surface area contributed by atoms with E-state index in [4.69, 9.17) is 5.73 Å². The summed E-state index contributed by atoms with van der Waals surface area (Å²) >= 11 is 0. The minimum Gasteiger partial charge on any atom is -0.394 e. The number of rotatable bonds is 6. The fraction of sp³-hybridized carbons (Fsp3) is 0.500. The van der Waals surface area contributed by atoms with Crippen LogP contribution in [0.2, 0.25) is 0 Å². The first kappa shape index (κ1) is 14.7. The third-order valence-corrected chi connectivity index (χ3v) is 2.76. The summed E-state index contributed by atoms with van der Waals surface area (Å²) in [6.07, 6.45) is 0.638. The molecule has 100 valence electrons. The predicted octanol–water partition coefficient (Wildman–Crippen LogP) is 1.21. The quantitative estimate of drug-likeness (QED) is 0.710. The summed E-state index contributed by atoms with van der Waals surface area (Å²) in [4.78, 5) is 11.9. The summed E-state index contributed by atoms with van der Waals surface area (Å²) in [6.45, 7) is 3.91. The Morgan fingerprint density at radius 2 is 1.94 bits per heavy atom. The number of hydrogen-bond donors (Lipinski definition) is 3. The minimum absolute atomic E-state index is 0.135. The molecule has 0 aliphatic carbocycles. The standard InChI is InChI=1S/C14H22N2O2/c1-10(2)8-12(15)14(18)16-13(9-17)11-6-4-3-5-7-11/h3-7,10,12-13,17H,8-9,15H2,1-2H3,(H,16,18)/t12-,13?/m1/s1. The monoisotopic (exact) mass is 250 g/mol. The first-order valence-corrected chi connectivity index (χ1v) is 6.26. The molecule has 1 aromatic rings. The van der Waals surface area contributed by atoms with Crippen LogP contribution in [0, 0.1) is 5.92 Å². The molecule has 0 saturated carbocycles. The Morgan fingerprint density at radius 1 is 1.33 bits per heavy atom. The molecular formula is C14H22N2O2. The number of hydrogen-bond acceptors (Lipinski definition) is 3. The van der Waals surface area contributed by atoms with Gasteiger partial charge in [0.1, 0.15) is 0 Å². The van der Waals surface area contributed by atoms with E-state index in [0.717, 1.165) is 5.56 Å². The highest BCUT2D eigenvalue weighted by Crippen LogP contribution is 2.12. The maximum absolute atomic E-state index is 11.9. The van der Waals surface area contributed by atoms with Crippen LogP contribution < -0.4 is 11.1 Å². The van der Waals surface area contributed by atoms with Gasteiger partial charge in [0.05, 0.1) is 18.7 Å². The van der Waals surface area contributed by atoms with Gasteiger partial charge in [-0.05, 0) is 17.9 Å². The summed E-state index contributed by atoms with van der Waals surface area (Å²) in [5, 5.41) is 12.1. The lowest BCUT2D eigenvalue weighted by atomic mass is 10.0. The largest absolute Gasteiger partial charge is 0.394 e. The number of aliphatic hydroxyl groups excluding tert-OH is 1. The highest BCUT2D eigenvalue weighted by molar-refractivity contribution is 5.81. The second-order valence-electron chi connectivity index (χ2n) is 4.89. The normalized spacial score (nSPS) is 14.3. The van der Waals surface area contributed by atoms with Gasteiger partial charge in [0, 0.05) is 0 Å². The van der Waals surface area contributed by atoms with Crippen LogP contribution in [-0.4, -0.2) is 23.7 Å². The molecule has 0 spiro atoms. The van der Waals surface area contributed by atoms with Gasteiger partial charge < -0.3 is 16.2 Å². The average Bonchev–Trinajstić information content (AvgIpc) is 2.35. The van der Waals surface area contributed by atoms with Crippen molar-refractivity contribution in [1.82, 2.24) is 5.32 Å². The van der Waals surface area contributed by atoms with Gasteiger partial charge in [-0.15, -0.1) is 0 Å². The third kappa shape index (κ3) is 4.47. The van der Waals surface area contributed by atoms with Crippen molar-refractivity contribution in [2.75, 3.05) is 6.61 Å². The van der Waals surface area contributed by atoms with Crippen LogP contribution in [0.5, 0.6) is 0 Å². The number of carbonyl (C=O) groups excluding carboxylic acids is 1. The van der Waals surface area contributed by atoms with Crippen LogP contribution in [0.15, 0.2) is 30.3 Å². The van der Waals surface area contributed by atoms with E-state index in [1.165, 1.54) is 0 Å². The minimum atomic E-state index is -0.525. The van der Waals surface area contributed by atoms with Gasteiger partial charge in [-0.25, -0.2) is 0 Å². The molecule has 0 aliphatic heterocycles. The molecule has 1 amide bonds. The summed E-state index contributed by atoms with van der Waals surface area (Å²) in [6, 6.07) is 8.46. The van der Waals surface area contributed by atoms with E-state index >= 15 is 0 Å². The Balaban J connectivity index is 2.61. The van der Waals surface area contributed by atoms with Crippen molar-refractivity contribution in [3.63, 3.8) is 0 Å². The lowest BCUT2D eigenvalue weighted by molar-refractivity contribution is -0.123. The molecule has 0 radical (unpaired) electrons. The van der Waals surface area contributed by atoms with E-state index in [9.17, 15) is 9.90 Å². The number of nitrogens with two attached hydrogens (primary N) is 1. The van der Waals surface area contributed by atoms with Gasteiger partial charge in [0.15, 0.2) is 0 Å². The summed E-state index contributed by atoms with van der Waals surface area (Å²) in [7, 11) is 0. The van der Waals surface area contributed by atoms with Crippen molar-refractivity contribution in [1.29, 1.82) is 0 Å². The van der Waals surface area contributed by atoms with Gasteiger partial charge in [-0.1, -0.05) is 44.2 Å². The molecule has 4 nitrogen and oxygen atoms in total. The van der Waals surface area contributed by atoms with Gasteiger partial charge in [-0.3, -0.25) is 4.79 Å². The van der Waals surface area contributed by atoms with Crippen LogP contribution in [0.25, 0.3) is 0 Å². The van der Waals surface area contributed by atoms with Gasteiger partial charge >= 0.3 is 0 Å². The molecule has 1 aromatic carbocycles. The second-order valence-corrected chi connectivity index (χ2v) is 4.89. The SMILES string of the molecule is CC(C)C[C@@H](N)C(=O)NC(CO)c1ccccc1. The number of nitrogens with one attached hydrogen (secondary N) is 1.